The van der Waals surface area contributed by atoms with Gasteiger partial charge in [0, 0.05) is 19.2 Å². The van der Waals surface area contributed by atoms with Crippen LogP contribution in [0.15, 0.2) is 18.2 Å². The zero-order valence-electron chi connectivity index (χ0n) is 16.7. The molecule has 1 aromatic carbocycles. The lowest BCUT2D eigenvalue weighted by Crippen LogP contribution is -2.46. The molecule has 0 amide bonds. The molecule has 2 aromatic rings. The van der Waals surface area contributed by atoms with Crippen LogP contribution in [0.2, 0.25) is 0 Å². The second kappa shape index (κ2) is 8.35. The number of hydrogen-bond donors (Lipinski definition) is 2. The Morgan fingerprint density at radius 1 is 1.24 bits per heavy atom. The average molecular weight is 404 g/mol. The number of methoxy groups -OCH3 is 2. The largest absolute Gasteiger partial charge is 0.497 e. The van der Waals surface area contributed by atoms with E-state index in [1.807, 2.05) is 13.8 Å². The van der Waals surface area contributed by atoms with Crippen molar-refractivity contribution in [1.82, 2.24) is 9.97 Å². The van der Waals surface area contributed by atoms with E-state index in [2.05, 4.69) is 15.3 Å². The summed E-state index contributed by atoms with van der Waals surface area (Å²) in [6.07, 6.45) is -0.214. The Labute approximate surface area is 167 Å². The highest BCUT2D eigenvalue weighted by Crippen LogP contribution is 2.36. The van der Waals surface area contributed by atoms with Crippen LogP contribution in [0.5, 0.6) is 11.5 Å². The van der Waals surface area contributed by atoms with Gasteiger partial charge in [-0.2, -0.15) is 9.97 Å². The molecule has 3 N–H and O–H groups in total. The van der Waals surface area contributed by atoms with Crippen LogP contribution in [0.4, 0.5) is 29.0 Å². The molecule has 0 radical (unpaired) electrons. The molecule has 0 bridgehead atoms. The fraction of sp³-hybridized carbons (Fsp3) is 0.444. The normalized spacial score (nSPS) is 19.0. The van der Waals surface area contributed by atoms with Crippen molar-refractivity contribution < 1.29 is 19.1 Å². The van der Waals surface area contributed by atoms with Crippen LogP contribution in [-0.4, -0.2) is 54.4 Å². The first kappa shape index (κ1) is 20.4. The van der Waals surface area contributed by atoms with Crippen LogP contribution in [-0.2, 0) is 4.74 Å². The summed E-state index contributed by atoms with van der Waals surface area (Å²) in [5.41, 5.74) is 6.14. The van der Waals surface area contributed by atoms with E-state index in [0.717, 1.165) is 0 Å². The van der Waals surface area contributed by atoms with E-state index in [1.165, 1.54) is 7.11 Å². The van der Waals surface area contributed by atoms with Gasteiger partial charge in [-0.25, -0.2) is 0 Å². The minimum absolute atomic E-state index is 0.107. The smallest absolute Gasteiger partial charge is 0.353 e. The number of benzene rings is 1. The number of rotatable bonds is 6. The Morgan fingerprint density at radius 3 is 2.52 bits per heavy atom. The highest BCUT2D eigenvalue weighted by atomic mass is 16.6. The molecule has 2 atom stereocenters. The molecular weight excluding hydrogens is 380 g/mol. The number of nitrogen functional groups attached to an aromatic ring is 1. The molecule has 1 aliphatic rings. The van der Waals surface area contributed by atoms with E-state index >= 15 is 0 Å². The average Bonchev–Trinajstić information content (AvgIpc) is 2.66. The number of anilines is 4. The second-order valence-corrected chi connectivity index (χ2v) is 6.72. The number of nitro groups is 1. The SMILES string of the molecule is COc1ccc(OC)c(Nc2nc(N)c([N+](=O)[O-])c(N3C[C@@H](C)O[C@H](C)C3)n2)c1. The summed E-state index contributed by atoms with van der Waals surface area (Å²) >= 11 is 0. The number of nitrogens with one attached hydrogen (secondary N) is 1. The van der Waals surface area contributed by atoms with Crippen molar-refractivity contribution in [3.63, 3.8) is 0 Å². The van der Waals surface area contributed by atoms with Crippen LogP contribution in [0.25, 0.3) is 0 Å². The zero-order valence-corrected chi connectivity index (χ0v) is 16.7. The Bertz CT molecular complexity index is 899. The molecule has 11 heteroatoms. The fourth-order valence-corrected chi connectivity index (χ4v) is 3.29. The van der Waals surface area contributed by atoms with Crippen molar-refractivity contribution >= 4 is 29.0 Å². The summed E-state index contributed by atoms with van der Waals surface area (Å²) in [6, 6.07) is 5.18. The Balaban J connectivity index is 2.03. The number of nitrogens with two attached hydrogens (primary N) is 1. The van der Waals surface area contributed by atoms with Gasteiger partial charge in [0.2, 0.25) is 17.6 Å². The lowest BCUT2D eigenvalue weighted by molar-refractivity contribution is -0.383. The highest BCUT2D eigenvalue weighted by Gasteiger charge is 2.32. The van der Waals surface area contributed by atoms with Gasteiger partial charge in [0.25, 0.3) is 0 Å². The molecule has 1 aliphatic heterocycles. The van der Waals surface area contributed by atoms with Crippen LogP contribution < -0.4 is 25.4 Å². The van der Waals surface area contributed by atoms with Gasteiger partial charge in [-0.15, -0.1) is 0 Å². The first-order valence-electron chi connectivity index (χ1n) is 9.03. The molecule has 1 fully saturated rings. The minimum Gasteiger partial charge on any atom is -0.497 e. The van der Waals surface area contributed by atoms with E-state index < -0.39 is 4.92 Å². The highest BCUT2D eigenvalue weighted by molar-refractivity contribution is 5.73. The number of ether oxygens (including phenoxy) is 3. The number of hydrogen-bond acceptors (Lipinski definition) is 10. The summed E-state index contributed by atoms with van der Waals surface area (Å²) in [7, 11) is 3.07. The van der Waals surface area contributed by atoms with Crippen LogP contribution >= 0.6 is 0 Å². The maximum atomic E-state index is 11.6. The fourth-order valence-electron chi connectivity index (χ4n) is 3.29. The van der Waals surface area contributed by atoms with Gasteiger partial charge in [0.15, 0.2) is 0 Å². The van der Waals surface area contributed by atoms with Gasteiger partial charge in [-0.1, -0.05) is 0 Å². The Hall–Kier alpha value is -3.34. The van der Waals surface area contributed by atoms with Gasteiger partial charge in [-0.05, 0) is 26.0 Å². The van der Waals surface area contributed by atoms with E-state index in [4.69, 9.17) is 19.9 Å². The van der Waals surface area contributed by atoms with Crippen LogP contribution in [0.1, 0.15) is 13.8 Å². The predicted molar refractivity (Wildman–Crippen MR) is 108 cm³/mol. The maximum Gasteiger partial charge on any atom is 0.353 e. The zero-order chi connectivity index (χ0) is 21.1. The van der Waals surface area contributed by atoms with Crippen molar-refractivity contribution in [2.75, 3.05) is 43.3 Å². The van der Waals surface area contributed by atoms with Crippen molar-refractivity contribution in [3.05, 3.63) is 28.3 Å². The molecule has 0 saturated carbocycles. The van der Waals surface area contributed by atoms with E-state index in [1.54, 1.807) is 30.2 Å². The van der Waals surface area contributed by atoms with Crippen LogP contribution in [0, 0.1) is 10.1 Å². The molecule has 29 heavy (non-hydrogen) atoms. The first-order chi connectivity index (χ1) is 13.8. The lowest BCUT2D eigenvalue weighted by atomic mass is 10.2. The van der Waals surface area contributed by atoms with E-state index in [0.29, 0.717) is 30.3 Å². The summed E-state index contributed by atoms with van der Waals surface area (Å²) in [4.78, 5) is 21.3. The van der Waals surface area contributed by atoms with Crippen molar-refractivity contribution in [2.24, 2.45) is 0 Å². The third kappa shape index (κ3) is 4.40. The quantitative estimate of drug-likeness (QED) is 0.545. The maximum absolute atomic E-state index is 11.6. The summed E-state index contributed by atoms with van der Waals surface area (Å²) in [5.74, 6) is 1.16. The lowest BCUT2D eigenvalue weighted by Gasteiger charge is -2.35. The first-order valence-corrected chi connectivity index (χ1v) is 9.03. The summed E-state index contributed by atoms with van der Waals surface area (Å²) in [6.45, 7) is 4.70. The molecule has 1 aromatic heterocycles. The topological polar surface area (TPSA) is 138 Å². The van der Waals surface area contributed by atoms with Crippen molar-refractivity contribution in [2.45, 2.75) is 26.1 Å². The molecular formula is C18H24N6O5. The monoisotopic (exact) mass is 404 g/mol. The van der Waals surface area contributed by atoms with Gasteiger partial charge in [0.1, 0.15) is 11.5 Å². The van der Waals surface area contributed by atoms with Crippen LogP contribution in [0.3, 0.4) is 0 Å². The molecule has 1 saturated heterocycles. The van der Waals surface area contributed by atoms with Gasteiger partial charge < -0.3 is 30.2 Å². The molecule has 11 nitrogen and oxygen atoms in total. The van der Waals surface area contributed by atoms with Gasteiger partial charge >= 0.3 is 5.69 Å². The molecule has 156 valence electrons. The number of morpholine rings is 1. The predicted octanol–water partition coefficient (Wildman–Crippen LogP) is 2.34. The Kier molecular flexibility index (Phi) is 5.87. The molecule has 0 unspecified atom stereocenters. The summed E-state index contributed by atoms with van der Waals surface area (Å²) < 4.78 is 16.3. The van der Waals surface area contributed by atoms with E-state index in [-0.39, 0.29) is 35.5 Å². The minimum atomic E-state index is -0.564. The van der Waals surface area contributed by atoms with Gasteiger partial charge in [0.05, 0.1) is 37.0 Å². The molecule has 0 spiro atoms. The van der Waals surface area contributed by atoms with Gasteiger partial charge in [-0.3, -0.25) is 10.1 Å². The molecule has 3 rings (SSSR count). The third-order valence-electron chi connectivity index (χ3n) is 4.45. The number of aromatic nitrogens is 2. The number of nitrogens with zero attached hydrogens (tertiary/aromatic N) is 4. The Morgan fingerprint density at radius 2 is 1.93 bits per heavy atom. The summed E-state index contributed by atoms with van der Waals surface area (Å²) in [5, 5.41) is 14.7. The molecule has 2 heterocycles. The van der Waals surface area contributed by atoms with Crippen molar-refractivity contribution in [1.29, 1.82) is 0 Å². The third-order valence-corrected chi connectivity index (χ3v) is 4.45. The standard InChI is InChI=1S/C18H24N6O5/c1-10-8-23(9-11(2)29-10)17-15(24(25)26)16(19)21-18(22-17)20-13-7-12(27-3)5-6-14(13)28-4/h5-7,10-11H,8-9H2,1-4H3,(H3,19,20,21,22)/t10-,11-/m1/s1. The van der Waals surface area contributed by atoms with E-state index in [9.17, 15) is 10.1 Å². The molecule has 0 aliphatic carbocycles. The second-order valence-electron chi connectivity index (χ2n) is 6.72. The van der Waals surface area contributed by atoms with Crippen molar-refractivity contribution in [3.8, 4) is 11.5 Å².